The van der Waals surface area contributed by atoms with Crippen LogP contribution in [-0.2, 0) is 6.42 Å². The number of aliphatic imine (C=N–C) groups is 1. The van der Waals surface area contributed by atoms with Gasteiger partial charge >= 0.3 is 0 Å². The second-order valence-corrected chi connectivity index (χ2v) is 7.94. The molecule has 1 aromatic carbocycles. The van der Waals surface area contributed by atoms with Crippen LogP contribution < -0.4 is 0 Å². The monoisotopic (exact) mass is 333 g/mol. The van der Waals surface area contributed by atoms with E-state index < -0.39 is 0 Å². The Kier molecular flexibility index (Phi) is 4.99. The number of halogens is 1. The van der Waals surface area contributed by atoms with Gasteiger partial charge in [0.05, 0.1) is 6.04 Å². The molecule has 1 aliphatic heterocycles. The first kappa shape index (κ1) is 16.1. The van der Waals surface area contributed by atoms with Crippen LogP contribution in [0.5, 0.6) is 0 Å². The Morgan fingerprint density at radius 2 is 1.91 bits per heavy atom. The molecule has 1 atom stereocenters. The lowest BCUT2D eigenvalue weighted by Gasteiger charge is -2.25. The van der Waals surface area contributed by atoms with Crippen molar-refractivity contribution in [2.45, 2.75) is 58.4 Å². The van der Waals surface area contributed by atoms with Crippen LogP contribution in [0.15, 0.2) is 23.2 Å². The molecule has 3 rings (SSSR count). The highest BCUT2D eigenvalue weighted by Gasteiger charge is 2.29. The van der Waals surface area contributed by atoms with Crippen molar-refractivity contribution in [1.82, 2.24) is 0 Å². The molecule has 0 radical (unpaired) electrons. The molecule has 0 saturated heterocycles. The second kappa shape index (κ2) is 6.80. The number of thiocarbonyl (C=S) groups is 1. The fraction of sp³-hybridized carbons (Fsp3) is 0.579. The fourth-order valence-electron chi connectivity index (χ4n) is 3.75. The Labute approximate surface area is 144 Å². The molecule has 0 bridgehead atoms. The largest absolute Gasteiger partial charge is 0.280 e. The second-order valence-electron chi connectivity index (χ2n) is 6.98. The van der Waals surface area contributed by atoms with E-state index in [-0.39, 0.29) is 6.04 Å². The van der Waals surface area contributed by atoms with Gasteiger partial charge < -0.3 is 0 Å². The van der Waals surface area contributed by atoms with E-state index in [1.807, 2.05) is 6.07 Å². The molecule has 0 unspecified atom stereocenters. The van der Waals surface area contributed by atoms with Crippen molar-refractivity contribution in [3.8, 4) is 0 Å². The summed E-state index contributed by atoms with van der Waals surface area (Å²) in [5.41, 5.74) is 3.84. The van der Waals surface area contributed by atoms with Crippen LogP contribution in [0.4, 0.5) is 0 Å². The minimum absolute atomic E-state index is 0.165. The molecule has 1 nitrogen and oxygen atoms in total. The highest BCUT2D eigenvalue weighted by molar-refractivity contribution is 7.80. The maximum Gasteiger partial charge on any atom is 0.0841 e. The van der Waals surface area contributed by atoms with Crippen LogP contribution in [0.25, 0.3) is 0 Å². The first-order valence-electron chi connectivity index (χ1n) is 8.45. The number of rotatable bonds is 2. The van der Waals surface area contributed by atoms with Gasteiger partial charge in [-0.3, -0.25) is 4.99 Å². The van der Waals surface area contributed by atoms with Crippen LogP contribution in [0.3, 0.4) is 0 Å². The van der Waals surface area contributed by atoms with Gasteiger partial charge in [-0.1, -0.05) is 63.0 Å². The number of benzene rings is 1. The smallest absolute Gasteiger partial charge is 0.0841 e. The lowest BCUT2D eigenvalue weighted by atomic mass is 9.82. The summed E-state index contributed by atoms with van der Waals surface area (Å²) in [6, 6.07) is 6.40. The summed E-state index contributed by atoms with van der Waals surface area (Å²) in [6.07, 6.45) is 7.35. The summed E-state index contributed by atoms with van der Waals surface area (Å²) >= 11 is 12.0. The normalized spacial score (nSPS) is 23.2. The van der Waals surface area contributed by atoms with E-state index in [4.69, 9.17) is 28.8 Å². The third-order valence-electron chi connectivity index (χ3n) is 4.94. The third kappa shape index (κ3) is 3.28. The number of fused-ring (bicyclic) bond motifs is 1. The van der Waals surface area contributed by atoms with Gasteiger partial charge in [0.2, 0.25) is 0 Å². The molecular formula is C19H24ClNS. The van der Waals surface area contributed by atoms with E-state index in [0.29, 0.717) is 11.8 Å². The standard InChI is InChI=1S/C19H24ClNS/c1-12(2)18-17(22)10-14-8-9-15(20)11-16(14)19(21-18)13-6-4-3-5-7-13/h8-9,11-13,18H,3-7,10H2,1-2H3/t18-/m0/s1. The van der Waals surface area contributed by atoms with Gasteiger partial charge in [0, 0.05) is 33.5 Å². The molecular weight excluding hydrogens is 310 g/mol. The van der Waals surface area contributed by atoms with Gasteiger partial charge in [0.25, 0.3) is 0 Å². The molecule has 2 aliphatic rings. The van der Waals surface area contributed by atoms with Crippen LogP contribution in [0.2, 0.25) is 5.02 Å². The first-order chi connectivity index (χ1) is 10.6. The van der Waals surface area contributed by atoms with Crippen LogP contribution in [0, 0.1) is 11.8 Å². The highest BCUT2D eigenvalue weighted by Crippen LogP contribution is 2.33. The summed E-state index contributed by atoms with van der Waals surface area (Å²) < 4.78 is 0. The quantitative estimate of drug-likeness (QED) is 0.636. The Morgan fingerprint density at radius 3 is 2.59 bits per heavy atom. The van der Waals surface area contributed by atoms with Crippen LogP contribution in [-0.4, -0.2) is 16.6 Å². The Bertz CT molecular complexity index is 599. The summed E-state index contributed by atoms with van der Waals surface area (Å²) in [5, 5.41) is 0.802. The molecule has 118 valence electrons. The molecule has 3 heteroatoms. The van der Waals surface area contributed by atoms with Gasteiger partial charge in [-0.15, -0.1) is 0 Å². The van der Waals surface area contributed by atoms with Gasteiger partial charge in [0.15, 0.2) is 0 Å². The highest BCUT2D eigenvalue weighted by atomic mass is 35.5. The predicted octanol–water partition coefficient (Wildman–Crippen LogP) is 5.66. The molecule has 0 N–H and O–H groups in total. The fourth-order valence-corrected chi connectivity index (χ4v) is 4.40. The van der Waals surface area contributed by atoms with E-state index in [2.05, 4.69) is 26.0 Å². The average molecular weight is 334 g/mol. The SMILES string of the molecule is CC(C)[C@@H]1N=C(C2CCCCC2)c2cc(Cl)ccc2CC1=S. The Balaban J connectivity index is 2.09. The molecule has 1 fully saturated rings. The summed E-state index contributed by atoms with van der Waals surface area (Å²) in [7, 11) is 0. The van der Waals surface area contributed by atoms with Crippen molar-refractivity contribution in [2.75, 3.05) is 0 Å². The van der Waals surface area contributed by atoms with Gasteiger partial charge in [-0.25, -0.2) is 0 Å². The summed E-state index contributed by atoms with van der Waals surface area (Å²) in [5.74, 6) is 1.03. The predicted molar refractivity (Wildman–Crippen MR) is 99.5 cm³/mol. The Hall–Kier alpha value is -0.730. The topological polar surface area (TPSA) is 12.4 Å². The van der Waals surface area contributed by atoms with Crippen molar-refractivity contribution in [2.24, 2.45) is 16.8 Å². The molecule has 0 amide bonds. The van der Waals surface area contributed by atoms with E-state index in [9.17, 15) is 0 Å². The maximum atomic E-state index is 6.28. The van der Waals surface area contributed by atoms with E-state index >= 15 is 0 Å². The molecule has 0 aromatic heterocycles. The number of nitrogens with zero attached hydrogens (tertiary/aromatic N) is 1. The molecule has 0 spiro atoms. The van der Waals surface area contributed by atoms with Crippen molar-refractivity contribution < 1.29 is 0 Å². The lowest BCUT2D eigenvalue weighted by molar-refractivity contribution is 0.437. The van der Waals surface area contributed by atoms with Crippen LogP contribution >= 0.6 is 23.8 Å². The number of hydrogen-bond donors (Lipinski definition) is 0. The van der Waals surface area contributed by atoms with E-state index in [0.717, 1.165) is 16.3 Å². The van der Waals surface area contributed by atoms with Crippen molar-refractivity contribution in [1.29, 1.82) is 0 Å². The minimum atomic E-state index is 0.165. The summed E-state index contributed by atoms with van der Waals surface area (Å²) in [6.45, 7) is 4.45. The zero-order valence-electron chi connectivity index (χ0n) is 13.4. The van der Waals surface area contributed by atoms with Gasteiger partial charge in [-0.2, -0.15) is 0 Å². The van der Waals surface area contributed by atoms with Gasteiger partial charge in [-0.05, 0) is 36.5 Å². The molecule has 22 heavy (non-hydrogen) atoms. The molecule has 1 aliphatic carbocycles. The number of hydrogen-bond acceptors (Lipinski definition) is 2. The van der Waals surface area contributed by atoms with E-state index in [1.54, 1.807) is 0 Å². The Morgan fingerprint density at radius 1 is 1.18 bits per heavy atom. The van der Waals surface area contributed by atoms with Gasteiger partial charge in [0.1, 0.15) is 0 Å². The van der Waals surface area contributed by atoms with Crippen molar-refractivity contribution in [3.63, 3.8) is 0 Å². The van der Waals surface area contributed by atoms with E-state index in [1.165, 1.54) is 48.9 Å². The minimum Gasteiger partial charge on any atom is -0.280 e. The molecule has 1 heterocycles. The average Bonchev–Trinajstić information content (AvgIpc) is 2.64. The maximum absolute atomic E-state index is 6.28. The zero-order chi connectivity index (χ0) is 15.7. The first-order valence-corrected chi connectivity index (χ1v) is 9.24. The van der Waals surface area contributed by atoms with Crippen LogP contribution in [0.1, 0.15) is 57.1 Å². The lowest BCUT2D eigenvalue weighted by Crippen LogP contribution is -2.26. The summed E-state index contributed by atoms with van der Waals surface area (Å²) in [4.78, 5) is 6.25. The zero-order valence-corrected chi connectivity index (χ0v) is 15.0. The van der Waals surface area contributed by atoms with Crippen molar-refractivity contribution in [3.05, 3.63) is 34.3 Å². The molecule has 1 aromatic rings. The molecule has 1 saturated carbocycles. The van der Waals surface area contributed by atoms with Crippen molar-refractivity contribution >= 4 is 34.4 Å². The third-order valence-corrected chi connectivity index (χ3v) is 5.56.